The topological polar surface area (TPSA) is 40.7 Å². The fraction of sp³-hybridized carbons (Fsp3) is 0.438. The number of nitrogens with one attached hydrogen (secondary N) is 2. The Balaban J connectivity index is 1.77. The Hall–Kier alpha value is -1.61. The molecule has 0 fully saturated rings. The molecule has 1 heterocycles. The lowest BCUT2D eigenvalue weighted by molar-refractivity contribution is 0.514. The van der Waals surface area contributed by atoms with Gasteiger partial charge in [0.2, 0.25) is 0 Å². The molecule has 19 heavy (non-hydrogen) atoms. The van der Waals surface area contributed by atoms with Crippen molar-refractivity contribution in [2.24, 2.45) is 0 Å². The third kappa shape index (κ3) is 4.21. The highest BCUT2D eigenvalue weighted by molar-refractivity contribution is 5.74. The fourth-order valence-electron chi connectivity index (χ4n) is 2.13. The van der Waals surface area contributed by atoms with Crippen molar-refractivity contribution in [3.05, 3.63) is 42.2 Å². The summed E-state index contributed by atoms with van der Waals surface area (Å²) >= 11 is 0. The maximum absolute atomic E-state index is 4.57. The Labute approximate surface area is 115 Å². The lowest BCUT2D eigenvalue weighted by Crippen LogP contribution is -2.28. The van der Waals surface area contributed by atoms with Gasteiger partial charge in [-0.1, -0.05) is 17.7 Å². The van der Waals surface area contributed by atoms with Crippen molar-refractivity contribution in [1.29, 1.82) is 0 Å². The van der Waals surface area contributed by atoms with Crippen molar-refractivity contribution in [2.75, 3.05) is 6.54 Å². The van der Waals surface area contributed by atoms with Gasteiger partial charge in [0.05, 0.1) is 11.0 Å². The number of nitrogens with zero attached hydrogens (tertiary/aromatic N) is 1. The molecule has 1 atom stereocenters. The molecule has 0 spiro atoms. The summed E-state index contributed by atoms with van der Waals surface area (Å²) in [5.41, 5.74) is 3.42. The molecule has 0 unspecified atom stereocenters. The van der Waals surface area contributed by atoms with Crippen molar-refractivity contribution in [1.82, 2.24) is 15.3 Å². The van der Waals surface area contributed by atoms with Gasteiger partial charge in [-0.3, -0.25) is 0 Å². The molecule has 0 aliphatic carbocycles. The molecule has 0 amide bonds. The quantitative estimate of drug-likeness (QED) is 0.746. The summed E-state index contributed by atoms with van der Waals surface area (Å²) in [6.07, 6.45) is 3.18. The molecule has 3 heteroatoms. The van der Waals surface area contributed by atoms with Gasteiger partial charge in [-0.2, -0.15) is 0 Å². The second-order valence-electron chi connectivity index (χ2n) is 5.30. The van der Waals surface area contributed by atoms with Crippen LogP contribution in [0.4, 0.5) is 0 Å². The van der Waals surface area contributed by atoms with Crippen LogP contribution in [0.15, 0.2) is 36.4 Å². The number of rotatable bonds is 7. The first kappa shape index (κ1) is 13.8. The largest absolute Gasteiger partial charge is 0.342 e. The van der Waals surface area contributed by atoms with Crippen molar-refractivity contribution >= 4 is 11.0 Å². The molecule has 0 radical (unpaired) electrons. The van der Waals surface area contributed by atoms with E-state index in [-0.39, 0.29) is 0 Å². The summed E-state index contributed by atoms with van der Waals surface area (Å²) in [6, 6.07) is 8.68. The number of hydrogen-bond acceptors (Lipinski definition) is 2. The van der Waals surface area contributed by atoms with Crippen molar-refractivity contribution in [3.63, 3.8) is 0 Å². The number of fused-ring (bicyclic) bond motifs is 1. The number of hydrogen-bond donors (Lipinski definition) is 2. The number of para-hydroxylation sites is 2. The molecule has 2 aromatic rings. The smallest absolute Gasteiger partial charge is 0.108 e. The van der Waals surface area contributed by atoms with Gasteiger partial charge in [0, 0.05) is 19.0 Å². The van der Waals surface area contributed by atoms with Crippen molar-refractivity contribution in [3.8, 4) is 0 Å². The SMILES string of the molecule is C=C(C)CC[C@H](C)NCCc1nc2ccccc2[nH]1. The first-order valence-electron chi connectivity index (χ1n) is 6.96. The summed E-state index contributed by atoms with van der Waals surface area (Å²) in [7, 11) is 0. The zero-order chi connectivity index (χ0) is 13.7. The summed E-state index contributed by atoms with van der Waals surface area (Å²) in [5.74, 6) is 1.06. The number of aromatic amines is 1. The lowest BCUT2D eigenvalue weighted by Gasteiger charge is -2.12. The minimum Gasteiger partial charge on any atom is -0.342 e. The normalized spacial score (nSPS) is 12.7. The Kier molecular flexibility index (Phi) is 4.74. The van der Waals surface area contributed by atoms with E-state index in [1.807, 2.05) is 18.2 Å². The molecule has 2 rings (SSSR count). The molecule has 1 aromatic carbocycles. The summed E-state index contributed by atoms with van der Waals surface area (Å²) in [5, 5.41) is 3.53. The van der Waals surface area contributed by atoms with Crippen LogP contribution >= 0.6 is 0 Å². The van der Waals surface area contributed by atoms with Crippen LogP contribution in [0, 0.1) is 0 Å². The monoisotopic (exact) mass is 257 g/mol. The zero-order valence-corrected chi connectivity index (χ0v) is 11.9. The van der Waals surface area contributed by atoms with Gasteiger partial charge < -0.3 is 10.3 Å². The van der Waals surface area contributed by atoms with Gasteiger partial charge in [-0.15, -0.1) is 6.58 Å². The van der Waals surface area contributed by atoms with Gasteiger partial charge in [0.1, 0.15) is 5.82 Å². The predicted octanol–water partition coefficient (Wildman–Crippen LogP) is 3.44. The van der Waals surface area contributed by atoms with Gasteiger partial charge in [-0.25, -0.2) is 4.98 Å². The van der Waals surface area contributed by atoms with Crippen LogP contribution < -0.4 is 5.32 Å². The summed E-state index contributed by atoms with van der Waals surface area (Å²) in [6.45, 7) is 9.20. The van der Waals surface area contributed by atoms with Crippen LogP contribution in [0.2, 0.25) is 0 Å². The van der Waals surface area contributed by atoms with Crippen LogP contribution in [0.25, 0.3) is 11.0 Å². The highest BCUT2D eigenvalue weighted by Gasteiger charge is 2.04. The first-order valence-corrected chi connectivity index (χ1v) is 6.96. The van der Waals surface area contributed by atoms with E-state index in [0.29, 0.717) is 6.04 Å². The number of aromatic nitrogens is 2. The average Bonchev–Trinajstić information content (AvgIpc) is 2.79. The van der Waals surface area contributed by atoms with Gasteiger partial charge in [0.15, 0.2) is 0 Å². The third-order valence-electron chi connectivity index (χ3n) is 3.30. The van der Waals surface area contributed by atoms with E-state index in [0.717, 1.165) is 42.7 Å². The maximum Gasteiger partial charge on any atom is 0.108 e. The Bertz CT molecular complexity index is 509. The molecule has 0 saturated heterocycles. The number of imidazole rings is 1. The maximum atomic E-state index is 4.57. The third-order valence-corrected chi connectivity index (χ3v) is 3.30. The minimum absolute atomic E-state index is 0.529. The second kappa shape index (κ2) is 6.53. The highest BCUT2D eigenvalue weighted by atomic mass is 14.9. The van der Waals surface area contributed by atoms with E-state index in [1.54, 1.807) is 0 Å². The Morgan fingerprint density at radius 2 is 2.21 bits per heavy atom. The van der Waals surface area contributed by atoms with Crippen molar-refractivity contribution in [2.45, 2.75) is 39.2 Å². The van der Waals surface area contributed by atoms with Crippen LogP contribution in [0.3, 0.4) is 0 Å². The van der Waals surface area contributed by atoms with E-state index in [2.05, 4.69) is 41.8 Å². The molecule has 1 aromatic heterocycles. The number of H-pyrrole nitrogens is 1. The van der Waals surface area contributed by atoms with E-state index >= 15 is 0 Å². The van der Waals surface area contributed by atoms with Gasteiger partial charge in [-0.05, 0) is 38.8 Å². The Morgan fingerprint density at radius 3 is 2.95 bits per heavy atom. The number of benzene rings is 1. The molecule has 0 aliphatic heterocycles. The molecular weight excluding hydrogens is 234 g/mol. The summed E-state index contributed by atoms with van der Waals surface area (Å²) < 4.78 is 0. The van der Waals surface area contributed by atoms with Crippen molar-refractivity contribution < 1.29 is 0 Å². The summed E-state index contributed by atoms with van der Waals surface area (Å²) in [4.78, 5) is 7.93. The molecular formula is C16H23N3. The van der Waals surface area contributed by atoms with E-state index in [9.17, 15) is 0 Å². The van der Waals surface area contributed by atoms with E-state index < -0.39 is 0 Å². The first-order chi connectivity index (χ1) is 9.15. The fourth-order valence-corrected chi connectivity index (χ4v) is 2.13. The van der Waals surface area contributed by atoms with E-state index in [4.69, 9.17) is 0 Å². The van der Waals surface area contributed by atoms with E-state index in [1.165, 1.54) is 5.57 Å². The zero-order valence-electron chi connectivity index (χ0n) is 11.9. The molecule has 0 aliphatic rings. The number of allylic oxidation sites excluding steroid dienone is 1. The molecule has 2 N–H and O–H groups in total. The Morgan fingerprint density at radius 1 is 1.42 bits per heavy atom. The van der Waals surface area contributed by atoms with Crippen LogP contribution in [-0.4, -0.2) is 22.6 Å². The van der Waals surface area contributed by atoms with Crippen LogP contribution in [0.1, 0.15) is 32.5 Å². The van der Waals surface area contributed by atoms with Gasteiger partial charge in [0.25, 0.3) is 0 Å². The second-order valence-corrected chi connectivity index (χ2v) is 5.30. The predicted molar refractivity (Wildman–Crippen MR) is 81.3 cm³/mol. The van der Waals surface area contributed by atoms with Crippen LogP contribution in [-0.2, 0) is 6.42 Å². The lowest BCUT2D eigenvalue weighted by atomic mass is 10.1. The minimum atomic E-state index is 0.529. The molecule has 0 saturated carbocycles. The highest BCUT2D eigenvalue weighted by Crippen LogP contribution is 2.10. The van der Waals surface area contributed by atoms with Crippen LogP contribution in [0.5, 0.6) is 0 Å². The van der Waals surface area contributed by atoms with Gasteiger partial charge >= 0.3 is 0 Å². The molecule has 102 valence electrons. The standard InChI is InChI=1S/C16H23N3/c1-12(2)8-9-13(3)17-11-10-16-18-14-6-4-5-7-15(14)19-16/h4-7,13,17H,1,8-11H2,2-3H3,(H,18,19)/t13-/m0/s1. The molecule has 3 nitrogen and oxygen atoms in total. The average molecular weight is 257 g/mol. The molecule has 0 bridgehead atoms.